The molecular weight excluding hydrogens is 457 g/mol. The summed E-state index contributed by atoms with van der Waals surface area (Å²) in [7, 11) is 0. The van der Waals surface area contributed by atoms with Gasteiger partial charge in [0.1, 0.15) is 16.2 Å². The molecule has 1 aliphatic heterocycles. The zero-order valence-electron chi connectivity index (χ0n) is 16.8. The van der Waals surface area contributed by atoms with Crippen LogP contribution in [-0.4, -0.2) is 20.6 Å². The molecule has 0 fully saturated rings. The summed E-state index contributed by atoms with van der Waals surface area (Å²) in [6.07, 6.45) is 2.48. The van der Waals surface area contributed by atoms with Crippen LogP contribution in [0, 0.1) is 6.92 Å². The van der Waals surface area contributed by atoms with Gasteiger partial charge in [0.15, 0.2) is 0 Å². The number of pyridine rings is 1. The standard InChI is InChI=1S/C22H19Cl2N3OS2/c1-11-13-8-28-22(2,3)7-12(13)17-18-19(30-20(17)27-11)21(26-10-25-18)29-9-14-15(23)5-4-6-16(14)24/h4-6,10H,7-9H2,1-3H3. The summed E-state index contributed by atoms with van der Waals surface area (Å²) in [6, 6.07) is 5.58. The molecule has 0 unspecified atom stereocenters. The van der Waals surface area contributed by atoms with Crippen LogP contribution < -0.4 is 0 Å². The molecule has 0 aliphatic carbocycles. The Kier molecular flexibility index (Phi) is 5.19. The Bertz CT molecular complexity index is 1280. The lowest BCUT2D eigenvalue weighted by atomic mass is 9.89. The molecule has 0 atom stereocenters. The first kappa shape index (κ1) is 20.5. The molecular formula is C22H19Cl2N3OS2. The average Bonchev–Trinajstić information content (AvgIpc) is 3.06. The van der Waals surface area contributed by atoms with Crippen molar-refractivity contribution in [2.24, 2.45) is 0 Å². The molecule has 4 nitrogen and oxygen atoms in total. The largest absolute Gasteiger partial charge is 0.370 e. The Morgan fingerprint density at radius 1 is 1.17 bits per heavy atom. The van der Waals surface area contributed by atoms with Crippen LogP contribution in [0.2, 0.25) is 10.0 Å². The predicted octanol–water partition coefficient (Wildman–Crippen LogP) is 7.00. The van der Waals surface area contributed by atoms with Crippen molar-refractivity contribution in [3.8, 4) is 0 Å². The molecule has 0 saturated heterocycles. The number of hydrogen-bond donors (Lipinski definition) is 0. The van der Waals surface area contributed by atoms with Gasteiger partial charge >= 0.3 is 0 Å². The maximum absolute atomic E-state index is 6.35. The van der Waals surface area contributed by atoms with Crippen LogP contribution in [0.25, 0.3) is 20.4 Å². The van der Waals surface area contributed by atoms with Gasteiger partial charge in [-0.1, -0.05) is 41.0 Å². The summed E-state index contributed by atoms with van der Waals surface area (Å²) < 4.78 is 7.11. The molecule has 30 heavy (non-hydrogen) atoms. The Hall–Kier alpha value is -1.44. The number of hydrogen-bond acceptors (Lipinski definition) is 6. The van der Waals surface area contributed by atoms with Crippen molar-refractivity contribution < 1.29 is 4.74 Å². The zero-order valence-corrected chi connectivity index (χ0v) is 19.9. The first-order valence-electron chi connectivity index (χ1n) is 9.59. The number of thiophene rings is 1. The first-order valence-corrected chi connectivity index (χ1v) is 12.1. The van der Waals surface area contributed by atoms with Crippen LogP contribution in [0.4, 0.5) is 0 Å². The summed E-state index contributed by atoms with van der Waals surface area (Å²) in [6.45, 7) is 6.92. The minimum Gasteiger partial charge on any atom is -0.370 e. The lowest BCUT2D eigenvalue weighted by molar-refractivity contribution is -0.0400. The van der Waals surface area contributed by atoms with Gasteiger partial charge in [0.25, 0.3) is 0 Å². The Morgan fingerprint density at radius 3 is 2.70 bits per heavy atom. The lowest BCUT2D eigenvalue weighted by Gasteiger charge is -2.32. The summed E-state index contributed by atoms with van der Waals surface area (Å²) >= 11 is 16.0. The number of rotatable bonds is 3. The van der Waals surface area contributed by atoms with Gasteiger partial charge in [-0.3, -0.25) is 0 Å². The molecule has 0 saturated carbocycles. The topological polar surface area (TPSA) is 47.9 Å². The molecule has 1 aromatic carbocycles. The molecule has 0 bridgehead atoms. The van der Waals surface area contributed by atoms with E-state index in [-0.39, 0.29) is 5.60 Å². The molecule has 5 rings (SSSR count). The highest BCUT2D eigenvalue weighted by molar-refractivity contribution is 7.98. The van der Waals surface area contributed by atoms with Gasteiger partial charge in [0.05, 0.1) is 22.4 Å². The SMILES string of the molecule is Cc1nc2sc3c(SCc4c(Cl)cccc4Cl)ncnc3c2c2c1COC(C)(C)C2. The molecule has 154 valence electrons. The van der Waals surface area contributed by atoms with Crippen molar-refractivity contribution in [3.05, 3.63) is 57.0 Å². The van der Waals surface area contributed by atoms with Crippen LogP contribution >= 0.6 is 46.3 Å². The molecule has 0 spiro atoms. The smallest absolute Gasteiger partial charge is 0.126 e. The van der Waals surface area contributed by atoms with Crippen molar-refractivity contribution in [2.45, 2.75) is 50.2 Å². The fourth-order valence-electron chi connectivity index (χ4n) is 3.86. The van der Waals surface area contributed by atoms with E-state index in [4.69, 9.17) is 32.9 Å². The van der Waals surface area contributed by atoms with Crippen LogP contribution in [0.3, 0.4) is 0 Å². The van der Waals surface area contributed by atoms with Crippen molar-refractivity contribution in [1.82, 2.24) is 15.0 Å². The molecule has 4 aromatic rings. The van der Waals surface area contributed by atoms with Crippen LogP contribution in [0.5, 0.6) is 0 Å². The highest BCUT2D eigenvalue weighted by Crippen LogP contribution is 2.43. The zero-order chi connectivity index (χ0) is 21.0. The fourth-order valence-corrected chi connectivity index (χ4v) is 6.88. The van der Waals surface area contributed by atoms with E-state index in [1.165, 1.54) is 11.1 Å². The van der Waals surface area contributed by atoms with Gasteiger partial charge in [-0.05, 0) is 44.0 Å². The summed E-state index contributed by atoms with van der Waals surface area (Å²) in [5.74, 6) is 0.643. The van der Waals surface area contributed by atoms with Gasteiger partial charge in [-0.15, -0.1) is 11.3 Å². The maximum atomic E-state index is 6.35. The quantitative estimate of drug-likeness (QED) is 0.235. The van der Waals surface area contributed by atoms with Crippen molar-refractivity contribution in [3.63, 3.8) is 0 Å². The number of thioether (sulfide) groups is 1. The highest BCUT2D eigenvalue weighted by atomic mass is 35.5. The van der Waals surface area contributed by atoms with E-state index >= 15 is 0 Å². The van der Waals surface area contributed by atoms with E-state index in [2.05, 4.69) is 30.7 Å². The van der Waals surface area contributed by atoms with Crippen molar-refractivity contribution >= 4 is 66.7 Å². The summed E-state index contributed by atoms with van der Waals surface area (Å²) in [4.78, 5) is 15.1. The van der Waals surface area contributed by atoms with Crippen molar-refractivity contribution in [2.75, 3.05) is 0 Å². The van der Waals surface area contributed by atoms with Gasteiger partial charge in [-0.25, -0.2) is 15.0 Å². The van der Waals surface area contributed by atoms with E-state index in [0.29, 0.717) is 22.4 Å². The molecule has 1 aliphatic rings. The first-order chi connectivity index (χ1) is 14.3. The van der Waals surface area contributed by atoms with Crippen molar-refractivity contribution in [1.29, 1.82) is 0 Å². The number of aryl methyl sites for hydroxylation is 1. The average molecular weight is 476 g/mol. The van der Waals surface area contributed by atoms with Gasteiger partial charge < -0.3 is 4.74 Å². The number of fused-ring (bicyclic) bond motifs is 5. The predicted molar refractivity (Wildman–Crippen MR) is 126 cm³/mol. The van der Waals surface area contributed by atoms with Gasteiger partial charge in [-0.2, -0.15) is 0 Å². The van der Waals surface area contributed by atoms with Gasteiger partial charge in [0, 0.05) is 38.9 Å². The second-order valence-electron chi connectivity index (χ2n) is 8.01. The molecule has 3 aromatic heterocycles. The fraction of sp³-hybridized carbons (Fsp3) is 0.318. The van der Waals surface area contributed by atoms with E-state index < -0.39 is 0 Å². The minimum absolute atomic E-state index is 0.201. The molecule has 8 heteroatoms. The van der Waals surface area contributed by atoms with Crippen LogP contribution in [0.15, 0.2) is 29.6 Å². The van der Waals surface area contributed by atoms with E-state index in [1.807, 2.05) is 18.2 Å². The number of halogens is 2. The Morgan fingerprint density at radius 2 is 1.93 bits per heavy atom. The second kappa shape index (κ2) is 7.61. The monoisotopic (exact) mass is 475 g/mol. The minimum atomic E-state index is -0.201. The molecule has 4 heterocycles. The van der Waals surface area contributed by atoms with E-state index in [1.54, 1.807) is 29.4 Å². The Balaban J connectivity index is 1.63. The number of benzene rings is 1. The molecule has 0 radical (unpaired) electrons. The third-order valence-electron chi connectivity index (χ3n) is 5.42. The lowest BCUT2D eigenvalue weighted by Crippen LogP contribution is -2.32. The third kappa shape index (κ3) is 3.49. The second-order valence-corrected chi connectivity index (χ2v) is 10.8. The van der Waals surface area contributed by atoms with E-state index in [9.17, 15) is 0 Å². The number of nitrogens with zero attached hydrogens (tertiary/aromatic N) is 3. The number of aromatic nitrogens is 3. The summed E-state index contributed by atoms with van der Waals surface area (Å²) in [5.41, 5.74) is 5.22. The third-order valence-corrected chi connectivity index (χ3v) is 8.35. The molecule has 0 N–H and O–H groups in total. The summed E-state index contributed by atoms with van der Waals surface area (Å²) in [5, 5.41) is 3.42. The van der Waals surface area contributed by atoms with Crippen LogP contribution in [-0.2, 0) is 23.5 Å². The molecule has 0 amide bonds. The van der Waals surface area contributed by atoms with Crippen LogP contribution in [0.1, 0.15) is 36.2 Å². The van der Waals surface area contributed by atoms with Gasteiger partial charge in [0.2, 0.25) is 0 Å². The highest BCUT2D eigenvalue weighted by Gasteiger charge is 2.31. The Labute approximate surface area is 193 Å². The number of ether oxygens (including phenoxy) is 1. The van der Waals surface area contributed by atoms with E-state index in [0.717, 1.165) is 43.1 Å². The normalized spacial score (nSPS) is 15.6. The maximum Gasteiger partial charge on any atom is 0.126 e.